The molecule has 3 heteroatoms. The maximum atomic E-state index is 13.2. The fourth-order valence-corrected chi connectivity index (χ4v) is 1.22. The van der Waals surface area contributed by atoms with E-state index in [0.717, 1.165) is 11.6 Å². The molecule has 0 saturated heterocycles. The van der Waals surface area contributed by atoms with Crippen molar-refractivity contribution in [3.63, 3.8) is 0 Å². The van der Waals surface area contributed by atoms with Gasteiger partial charge in [0, 0.05) is 11.6 Å². The van der Waals surface area contributed by atoms with Gasteiger partial charge in [0.2, 0.25) is 0 Å². The highest BCUT2D eigenvalue weighted by atomic mass is 19.1. The predicted octanol–water partition coefficient (Wildman–Crippen LogP) is 2.93. The Morgan fingerprint density at radius 2 is 2.00 bits per heavy atom. The largest absolute Gasteiger partial charge is 0.321 e. The van der Waals surface area contributed by atoms with E-state index in [0.29, 0.717) is 5.56 Å². The Balaban J connectivity index is 3.02. The maximum absolute atomic E-state index is 13.2. The summed E-state index contributed by atoms with van der Waals surface area (Å²) in [4.78, 5) is 0. The molecule has 0 saturated carbocycles. The first-order valence-electron chi connectivity index (χ1n) is 4.36. The molecular weight excluding hydrogens is 184 g/mol. The Morgan fingerprint density at radius 1 is 1.36 bits per heavy atom. The van der Waals surface area contributed by atoms with Crippen molar-refractivity contribution in [2.75, 3.05) is 0 Å². The summed E-state index contributed by atoms with van der Waals surface area (Å²) in [6, 6.07) is 2.90. The summed E-state index contributed by atoms with van der Waals surface area (Å²) in [5.74, 6) is -1.19. The van der Waals surface area contributed by atoms with Crippen LogP contribution in [0.25, 0.3) is 0 Å². The topological polar surface area (TPSA) is 26.0 Å². The zero-order valence-corrected chi connectivity index (χ0v) is 8.22. The van der Waals surface area contributed by atoms with Gasteiger partial charge in [0.25, 0.3) is 0 Å². The smallest absolute Gasteiger partial charge is 0.131 e. The van der Waals surface area contributed by atoms with Gasteiger partial charge >= 0.3 is 0 Å². The highest BCUT2D eigenvalue weighted by molar-refractivity contribution is 5.25. The van der Waals surface area contributed by atoms with Gasteiger partial charge < -0.3 is 5.73 Å². The van der Waals surface area contributed by atoms with E-state index in [-0.39, 0.29) is 0 Å². The molecule has 0 radical (unpaired) electrons. The van der Waals surface area contributed by atoms with Gasteiger partial charge in [-0.05, 0) is 19.9 Å². The summed E-state index contributed by atoms with van der Waals surface area (Å²) >= 11 is 0. The number of halogens is 2. The molecule has 1 unspecified atom stereocenters. The Kier molecular flexibility index (Phi) is 3.36. The lowest BCUT2D eigenvalue weighted by molar-refractivity contribution is 0.567. The molecule has 0 amide bonds. The first-order chi connectivity index (χ1) is 6.50. The first-order valence-corrected chi connectivity index (χ1v) is 4.36. The van der Waals surface area contributed by atoms with E-state index in [1.165, 1.54) is 12.1 Å². The van der Waals surface area contributed by atoms with Gasteiger partial charge in [0.1, 0.15) is 11.6 Å². The monoisotopic (exact) mass is 197 g/mol. The van der Waals surface area contributed by atoms with Crippen LogP contribution < -0.4 is 5.73 Å². The van der Waals surface area contributed by atoms with Crippen molar-refractivity contribution >= 4 is 0 Å². The molecule has 76 valence electrons. The number of benzene rings is 1. The molecule has 0 aromatic heterocycles. The third-order valence-electron chi connectivity index (χ3n) is 1.83. The minimum atomic E-state index is -0.602. The molecule has 0 bridgehead atoms. The van der Waals surface area contributed by atoms with Crippen LogP contribution >= 0.6 is 0 Å². The van der Waals surface area contributed by atoms with Crippen LogP contribution in [-0.4, -0.2) is 0 Å². The van der Waals surface area contributed by atoms with Gasteiger partial charge in [-0.2, -0.15) is 0 Å². The summed E-state index contributed by atoms with van der Waals surface area (Å²) < 4.78 is 25.8. The van der Waals surface area contributed by atoms with Crippen LogP contribution in [0, 0.1) is 11.6 Å². The standard InChI is InChI=1S/C11H13F2N/c1-7(2)5-11(14)9-4-3-8(12)6-10(9)13/h3-6,11H,14H2,1-2H3. The lowest BCUT2D eigenvalue weighted by Crippen LogP contribution is -2.09. The third-order valence-corrected chi connectivity index (χ3v) is 1.83. The average Bonchev–Trinajstić information content (AvgIpc) is 2.01. The zero-order valence-electron chi connectivity index (χ0n) is 8.22. The second-order valence-electron chi connectivity index (χ2n) is 3.44. The molecule has 1 aromatic carbocycles. The van der Waals surface area contributed by atoms with Crippen LogP contribution in [0.3, 0.4) is 0 Å². The second kappa shape index (κ2) is 4.33. The predicted molar refractivity (Wildman–Crippen MR) is 52.7 cm³/mol. The molecular formula is C11H13F2N. The first kappa shape index (κ1) is 10.9. The fourth-order valence-electron chi connectivity index (χ4n) is 1.22. The number of hydrogen-bond acceptors (Lipinski definition) is 1. The van der Waals surface area contributed by atoms with E-state index in [2.05, 4.69) is 0 Å². The molecule has 2 N–H and O–H groups in total. The van der Waals surface area contributed by atoms with E-state index < -0.39 is 17.7 Å². The van der Waals surface area contributed by atoms with Gasteiger partial charge in [0.05, 0.1) is 6.04 Å². The summed E-state index contributed by atoms with van der Waals surface area (Å²) in [5, 5.41) is 0. The van der Waals surface area contributed by atoms with Gasteiger partial charge in [-0.1, -0.05) is 17.7 Å². The van der Waals surface area contributed by atoms with Crippen molar-refractivity contribution in [3.8, 4) is 0 Å². The van der Waals surface area contributed by atoms with Crippen molar-refractivity contribution in [3.05, 3.63) is 47.0 Å². The maximum Gasteiger partial charge on any atom is 0.131 e. The number of allylic oxidation sites excluding steroid dienone is 1. The van der Waals surface area contributed by atoms with Crippen LogP contribution in [0.4, 0.5) is 8.78 Å². The van der Waals surface area contributed by atoms with Gasteiger partial charge in [-0.3, -0.25) is 0 Å². The molecule has 1 atom stereocenters. The van der Waals surface area contributed by atoms with Crippen molar-refractivity contribution < 1.29 is 8.78 Å². The Bertz CT molecular complexity index is 354. The van der Waals surface area contributed by atoms with Crippen molar-refractivity contribution in [1.29, 1.82) is 0 Å². The molecule has 1 nitrogen and oxygen atoms in total. The molecule has 0 heterocycles. The number of nitrogens with two attached hydrogens (primary N) is 1. The minimum Gasteiger partial charge on any atom is -0.321 e. The fraction of sp³-hybridized carbons (Fsp3) is 0.273. The van der Waals surface area contributed by atoms with E-state index in [9.17, 15) is 8.78 Å². The van der Waals surface area contributed by atoms with Crippen molar-refractivity contribution in [2.45, 2.75) is 19.9 Å². The summed E-state index contributed by atoms with van der Waals surface area (Å²) in [6.45, 7) is 3.75. The van der Waals surface area contributed by atoms with Crippen molar-refractivity contribution in [2.24, 2.45) is 5.73 Å². The summed E-state index contributed by atoms with van der Waals surface area (Å²) in [7, 11) is 0. The molecule has 0 aliphatic rings. The highest BCUT2D eigenvalue weighted by Crippen LogP contribution is 2.18. The lowest BCUT2D eigenvalue weighted by atomic mass is 10.0. The molecule has 0 aliphatic carbocycles. The van der Waals surface area contributed by atoms with Gasteiger partial charge in [-0.25, -0.2) is 8.78 Å². The van der Waals surface area contributed by atoms with E-state index >= 15 is 0 Å². The van der Waals surface area contributed by atoms with Crippen LogP contribution in [0.15, 0.2) is 29.8 Å². The van der Waals surface area contributed by atoms with Crippen LogP contribution in [0.2, 0.25) is 0 Å². The van der Waals surface area contributed by atoms with Crippen LogP contribution in [0.5, 0.6) is 0 Å². The second-order valence-corrected chi connectivity index (χ2v) is 3.44. The third kappa shape index (κ3) is 2.64. The van der Waals surface area contributed by atoms with Crippen LogP contribution in [0.1, 0.15) is 25.5 Å². The van der Waals surface area contributed by atoms with E-state index in [4.69, 9.17) is 5.73 Å². The SMILES string of the molecule is CC(C)=CC(N)c1ccc(F)cc1F. The molecule has 1 aromatic rings. The van der Waals surface area contributed by atoms with Gasteiger partial charge in [-0.15, -0.1) is 0 Å². The number of rotatable bonds is 2. The molecule has 0 aliphatic heterocycles. The molecule has 14 heavy (non-hydrogen) atoms. The highest BCUT2D eigenvalue weighted by Gasteiger charge is 2.09. The van der Waals surface area contributed by atoms with Gasteiger partial charge in [0.15, 0.2) is 0 Å². The Morgan fingerprint density at radius 3 is 2.50 bits per heavy atom. The molecule has 0 fully saturated rings. The lowest BCUT2D eigenvalue weighted by Gasteiger charge is -2.08. The van der Waals surface area contributed by atoms with Crippen molar-refractivity contribution in [1.82, 2.24) is 0 Å². The minimum absolute atomic E-state index is 0.313. The quantitative estimate of drug-likeness (QED) is 0.725. The van der Waals surface area contributed by atoms with E-state index in [1.54, 1.807) is 6.08 Å². The average molecular weight is 197 g/mol. The van der Waals surface area contributed by atoms with Crippen LogP contribution in [-0.2, 0) is 0 Å². The zero-order chi connectivity index (χ0) is 10.7. The Hall–Kier alpha value is -1.22. The van der Waals surface area contributed by atoms with E-state index in [1.807, 2.05) is 13.8 Å². The summed E-state index contributed by atoms with van der Waals surface area (Å²) in [5.41, 5.74) is 7.02. The molecule has 0 spiro atoms. The number of hydrogen-bond donors (Lipinski definition) is 1. The molecule has 1 rings (SSSR count). The summed E-state index contributed by atoms with van der Waals surface area (Å²) in [6.07, 6.45) is 1.73. The normalized spacial score (nSPS) is 12.4. The Labute approximate surface area is 82.2 Å².